The van der Waals surface area contributed by atoms with E-state index in [0.29, 0.717) is 0 Å². The minimum absolute atomic E-state index is 0.0456. The number of ether oxygens (including phenoxy) is 1. The van der Waals surface area contributed by atoms with Crippen molar-refractivity contribution in [1.29, 1.82) is 0 Å². The van der Waals surface area contributed by atoms with Crippen LogP contribution >= 0.6 is 0 Å². The number of nitrogens with zero attached hydrogens (tertiary/aromatic N) is 1. The van der Waals surface area contributed by atoms with Gasteiger partial charge in [0.05, 0.1) is 12.3 Å². The third kappa shape index (κ3) is 6.39. The fourth-order valence-electron chi connectivity index (χ4n) is 1.51. The summed E-state index contributed by atoms with van der Waals surface area (Å²) in [5.41, 5.74) is 2.98. The minimum Gasteiger partial charge on any atom is -0.491 e. The summed E-state index contributed by atoms with van der Waals surface area (Å²) in [4.78, 5) is 23.0. The van der Waals surface area contributed by atoms with Crippen molar-refractivity contribution in [3.8, 4) is 5.75 Å². The highest BCUT2D eigenvalue weighted by molar-refractivity contribution is 6.35. The second kappa shape index (κ2) is 8.81. The Hall–Kier alpha value is -2.37. The molecule has 2 N–H and O–H groups in total. The first-order valence-electron chi connectivity index (χ1n) is 7.33. The number of hydrogen-bond donors (Lipinski definition) is 2. The number of hydrazone groups is 1. The first kappa shape index (κ1) is 17.7. The van der Waals surface area contributed by atoms with E-state index < -0.39 is 11.8 Å². The van der Waals surface area contributed by atoms with Crippen LogP contribution in [0.4, 0.5) is 0 Å². The lowest BCUT2D eigenvalue weighted by Gasteiger charge is -2.09. The summed E-state index contributed by atoms with van der Waals surface area (Å²) in [7, 11) is 0. The smallest absolute Gasteiger partial charge is 0.329 e. The topological polar surface area (TPSA) is 79.8 Å². The molecule has 0 saturated heterocycles. The quantitative estimate of drug-likeness (QED) is 0.478. The molecule has 2 amide bonds. The predicted octanol–water partition coefficient (Wildman–Crippen LogP) is 1.84. The summed E-state index contributed by atoms with van der Waals surface area (Å²) in [5, 5.41) is 6.32. The molecule has 0 aliphatic carbocycles. The molecule has 1 rings (SSSR count). The highest BCUT2D eigenvalue weighted by Crippen LogP contribution is 2.12. The van der Waals surface area contributed by atoms with Crippen LogP contribution in [0.25, 0.3) is 0 Å². The summed E-state index contributed by atoms with van der Waals surface area (Å²) in [5.74, 6) is -0.701. The Balaban J connectivity index is 2.48. The summed E-state index contributed by atoms with van der Waals surface area (Å²) in [6.07, 6.45) is 2.34. The molecule has 0 aromatic heterocycles. The van der Waals surface area contributed by atoms with E-state index in [-0.39, 0.29) is 12.1 Å². The van der Waals surface area contributed by atoms with Crippen LogP contribution in [0.3, 0.4) is 0 Å². The fourth-order valence-corrected chi connectivity index (χ4v) is 1.51. The zero-order valence-corrected chi connectivity index (χ0v) is 13.4. The lowest BCUT2D eigenvalue weighted by atomic mass is 10.2. The van der Waals surface area contributed by atoms with E-state index in [1.165, 1.54) is 6.21 Å². The molecule has 0 spiro atoms. The molecule has 0 saturated carbocycles. The predicted molar refractivity (Wildman–Crippen MR) is 85.8 cm³/mol. The van der Waals surface area contributed by atoms with E-state index in [1.54, 1.807) is 0 Å². The molecule has 6 nitrogen and oxygen atoms in total. The molecule has 6 heteroatoms. The van der Waals surface area contributed by atoms with Crippen LogP contribution in [-0.2, 0) is 9.59 Å². The molecule has 0 radical (unpaired) electrons. The maximum Gasteiger partial charge on any atom is 0.329 e. The van der Waals surface area contributed by atoms with Crippen molar-refractivity contribution in [2.24, 2.45) is 5.10 Å². The Morgan fingerprint density at radius 1 is 1.18 bits per heavy atom. The van der Waals surface area contributed by atoms with Gasteiger partial charge in [-0.05, 0) is 57.0 Å². The van der Waals surface area contributed by atoms with Crippen molar-refractivity contribution in [2.75, 3.05) is 0 Å². The molecule has 0 aliphatic heterocycles. The van der Waals surface area contributed by atoms with Crippen LogP contribution in [0.2, 0.25) is 0 Å². The third-order valence-electron chi connectivity index (χ3n) is 2.83. The van der Waals surface area contributed by atoms with Gasteiger partial charge in [-0.25, -0.2) is 5.43 Å². The van der Waals surface area contributed by atoms with Gasteiger partial charge in [0.25, 0.3) is 0 Å². The van der Waals surface area contributed by atoms with Gasteiger partial charge in [0.15, 0.2) is 0 Å². The van der Waals surface area contributed by atoms with E-state index in [1.807, 2.05) is 52.0 Å². The Bertz CT molecular complexity index is 524. The largest absolute Gasteiger partial charge is 0.491 e. The molecule has 1 aromatic rings. The zero-order valence-electron chi connectivity index (χ0n) is 13.4. The van der Waals surface area contributed by atoms with Crippen molar-refractivity contribution >= 4 is 18.0 Å². The van der Waals surface area contributed by atoms with Gasteiger partial charge in [-0.15, -0.1) is 0 Å². The second-order valence-corrected chi connectivity index (χ2v) is 5.22. The average molecular weight is 305 g/mol. The van der Waals surface area contributed by atoms with Gasteiger partial charge < -0.3 is 10.1 Å². The van der Waals surface area contributed by atoms with Crippen molar-refractivity contribution in [1.82, 2.24) is 10.7 Å². The second-order valence-electron chi connectivity index (χ2n) is 5.22. The van der Waals surface area contributed by atoms with E-state index >= 15 is 0 Å². The third-order valence-corrected chi connectivity index (χ3v) is 2.83. The SMILES string of the molecule is CC[C@@H](C)NC(=O)C(=O)N/N=C\c1ccc(OC(C)C)cc1. The number of benzene rings is 1. The standard InChI is InChI=1S/C16H23N3O3/c1-5-12(4)18-15(20)16(21)19-17-10-13-6-8-14(9-7-13)22-11(2)3/h6-12H,5H2,1-4H3,(H,18,20)(H,19,21)/b17-10-/t12-/m1/s1. The van der Waals surface area contributed by atoms with Gasteiger partial charge in [0.2, 0.25) is 0 Å². The van der Waals surface area contributed by atoms with E-state index in [2.05, 4.69) is 15.8 Å². The molecule has 1 aromatic carbocycles. The van der Waals surface area contributed by atoms with Gasteiger partial charge in [-0.1, -0.05) is 6.92 Å². The van der Waals surface area contributed by atoms with Crippen LogP contribution in [0.1, 0.15) is 39.7 Å². The van der Waals surface area contributed by atoms with E-state index in [9.17, 15) is 9.59 Å². The van der Waals surface area contributed by atoms with Crippen molar-refractivity contribution in [3.63, 3.8) is 0 Å². The van der Waals surface area contributed by atoms with Gasteiger partial charge >= 0.3 is 11.8 Å². The first-order valence-corrected chi connectivity index (χ1v) is 7.33. The Labute approximate surface area is 130 Å². The molecule has 22 heavy (non-hydrogen) atoms. The number of hydrogen-bond acceptors (Lipinski definition) is 4. The molecular weight excluding hydrogens is 282 g/mol. The summed E-state index contributed by atoms with van der Waals surface area (Å²) in [6, 6.07) is 7.22. The lowest BCUT2D eigenvalue weighted by molar-refractivity contribution is -0.139. The Kier molecular flexibility index (Phi) is 7.08. The van der Waals surface area contributed by atoms with E-state index in [0.717, 1.165) is 17.7 Å². The highest BCUT2D eigenvalue weighted by atomic mass is 16.5. The van der Waals surface area contributed by atoms with Crippen LogP contribution < -0.4 is 15.5 Å². The van der Waals surface area contributed by atoms with Crippen molar-refractivity contribution in [2.45, 2.75) is 46.3 Å². The summed E-state index contributed by atoms with van der Waals surface area (Å²) >= 11 is 0. The van der Waals surface area contributed by atoms with Crippen molar-refractivity contribution in [3.05, 3.63) is 29.8 Å². The molecular formula is C16H23N3O3. The fraction of sp³-hybridized carbons (Fsp3) is 0.438. The number of nitrogens with one attached hydrogen (secondary N) is 2. The number of carbonyl (C=O) groups is 2. The van der Waals surface area contributed by atoms with Gasteiger partial charge in [-0.3, -0.25) is 9.59 Å². The number of carbonyl (C=O) groups excluding carboxylic acids is 2. The average Bonchev–Trinajstić information content (AvgIpc) is 2.48. The molecule has 0 heterocycles. The normalized spacial score (nSPS) is 12.2. The summed E-state index contributed by atoms with van der Waals surface area (Å²) < 4.78 is 5.52. The molecule has 0 bridgehead atoms. The van der Waals surface area contributed by atoms with Gasteiger partial charge in [0, 0.05) is 6.04 Å². The minimum atomic E-state index is -0.781. The molecule has 0 unspecified atom stereocenters. The number of rotatable bonds is 6. The summed E-state index contributed by atoms with van der Waals surface area (Å²) in [6.45, 7) is 7.66. The highest BCUT2D eigenvalue weighted by Gasteiger charge is 2.14. The Morgan fingerprint density at radius 3 is 2.36 bits per heavy atom. The van der Waals surface area contributed by atoms with Gasteiger partial charge in [0.1, 0.15) is 5.75 Å². The van der Waals surface area contributed by atoms with Crippen LogP contribution in [0.15, 0.2) is 29.4 Å². The molecule has 120 valence electrons. The maximum atomic E-state index is 11.5. The Morgan fingerprint density at radius 2 is 1.82 bits per heavy atom. The first-order chi connectivity index (χ1) is 10.4. The van der Waals surface area contributed by atoms with Crippen molar-refractivity contribution < 1.29 is 14.3 Å². The molecule has 1 atom stereocenters. The van der Waals surface area contributed by atoms with Crippen LogP contribution in [0, 0.1) is 0 Å². The van der Waals surface area contributed by atoms with Gasteiger partial charge in [-0.2, -0.15) is 5.10 Å². The van der Waals surface area contributed by atoms with Crippen LogP contribution in [0.5, 0.6) is 5.75 Å². The maximum absolute atomic E-state index is 11.5. The van der Waals surface area contributed by atoms with Crippen LogP contribution in [-0.4, -0.2) is 30.2 Å². The monoisotopic (exact) mass is 305 g/mol. The number of amides is 2. The lowest BCUT2D eigenvalue weighted by Crippen LogP contribution is -2.41. The van der Waals surface area contributed by atoms with E-state index in [4.69, 9.17) is 4.74 Å². The molecule has 0 fully saturated rings. The molecule has 0 aliphatic rings. The zero-order chi connectivity index (χ0) is 16.5.